The molecule has 6 nitrogen and oxygen atoms in total. The van der Waals surface area contributed by atoms with E-state index < -0.39 is 0 Å². The number of aromatic nitrogens is 2. The van der Waals surface area contributed by atoms with Crippen molar-refractivity contribution in [3.8, 4) is 0 Å². The maximum absolute atomic E-state index is 12.8. The van der Waals surface area contributed by atoms with Crippen molar-refractivity contribution in [2.45, 2.75) is 13.1 Å². The number of rotatable bonds is 6. The van der Waals surface area contributed by atoms with Crippen molar-refractivity contribution in [2.24, 2.45) is 0 Å². The van der Waals surface area contributed by atoms with Gasteiger partial charge in [0.15, 0.2) is 5.78 Å². The summed E-state index contributed by atoms with van der Waals surface area (Å²) in [6, 6.07) is 15.5. The van der Waals surface area contributed by atoms with Crippen LogP contribution in [0.15, 0.2) is 53.0 Å². The molecule has 1 aliphatic heterocycles. The van der Waals surface area contributed by atoms with E-state index in [9.17, 15) is 4.79 Å². The zero-order valence-electron chi connectivity index (χ0n) is 16.1. The second-order valence-electron chi connectivity index (χ2n) is 6.97. The van der Waals surface area contributed by atoms with Gasteiger partial charge in [-0.2, -0.15) is 0 Å². The largest absolute Gasteiger partial charge is 0.379 e. The zero-order chi connectivity index (χ0) is 19.5. The van der Waals surface area contributed by atoms with Crippen LogP contribution in [0.2, 0.25) is 0 Å². The Balaban J connectivity index is 0.00000240. The Hall–Kier alpha value is -1.74. The molecule has 0 saturated carbocycles. The van der Waals surface area contributed by atoms with E-state index in [0.717, 1.165) is 54.9 Å². The second-order valence-corrected chi connectivity index (χ2v) is 7.88. The van der Waals surface area contributed by atoms with Crippen LogP contribution < -0.4 is 10.3 Å². The van der Waals surface area contributed by atoms with Crippen LogP contribution in [0.3, 0.4) is 0 Å². The number of nitrogen functional groups attached to an aromatic ring is 1. The van der Waals surface area contributed by atoms with Crippen LogP contribution in [0.25, 0.3) is 11.0 Å². The van der Waals surface area contributed by atoms with Crippen molar-refractivity contribution in [3.05, 3.63) is 58.6 Å². The third-order valence-corrected chi connectivity index (χ3v) is 5.76. The molecule has 2 aromatic carbocycles. The van der Waals surface area contributed by atoms with E-state index in [1.54, 1.807) is 0 Å². The van der Waals surface area contributed by atoms with Crippen molar-refractivity contribution < 1.29 is 14.1 Å². The lowest BCUT2D eigenvalue weighted by molar-refractivity contribution is -0.642. The van der Waals surface area contributed by atoms with Crippen molar-refractivity contribution in [1.82, 2.24) is 9.47 Å². The smallest absolute Gasteiger partial charge is 0.356 e. The van der Waals surface area contributed by atoms with Crippen molar-refractivity contribution in [3.63, 3.8) is 0 Å². The number of carbonyl (C=O) groups excluding carboxylic acids is 1. The molecule has 1 saturated heterocycles. The predicted molar refractivity (Wildman–Crippen MR) is 123 cm³/mol. The molecule has 29 heavy (non-hydrogen) atoms. The van der Waals surface area contributed by atoms with E-state index in [1.807, 2.05) is 47.0 Å². The molecule has 3 aromatic rings. The number of imidazole rings is 1. The van der Waals surface area contributed by atoms with Gasteiger partial charge in [-0.3, -0.25) is 15.4 Å². The summed E-state index contributed by atoms with van der Waals surface area (Å²) in [5.41, 5.74) is 9.22. The Morgan fingerprint density at radius 3 is 2.48 bits per heavy atom. The molecule has 154 valence electrons. The van der Waals surface area contributed by atoms with Gasteiger partial charge in [0.2, 0.25) is 0 Å². The molecule has 8 heteroatoms. The number of carbonyl (C=O) groups is 1. The first kappa shape index (κ1) is 22.0. The first-order chi connectivity index (χ1) is 13.6. The molecule has 1 fully saturated rings. The summed E-state index contributed by atoms with van der Waals surface area (Å²) in [7, 11) is 0. The quantitative estimate of drug-likeness (QED) is 0.397. The van der Waals surface area contributed by atoms with Gasteiger partial charge in [-0.1, -0.05) is 40.2 Å². The van der Waals surface area contributed by atoms with Gasteiger partial charge < -0.3 is 4.74 Å². The summed E-state index contributed by atoms with van der Waals surface area (Å²) < 4.78 is 10.4. The number of anilines is 1. The van der Waals surface area contributed by atoms with Crippen LogP contribution in [0.5, 0.6) is 0 Å². The highest BCUT2D eigenvalue weighted by atomic mass is 79.9. The summed E-state index contributed by atoms with van der Waals surface area (Å²) in [5.74, 6) is 0.653. The molecular formula is C21H25Br2N4O2+. The highest BCUT2D eigenvalue weighted by molar-refractivity contribution is 9.10. The number of Topliss-reactive ketones (excluding diaryl/α,β-unsaturated/α-hetero) is 1. The van der Waals surface area contributed by atoms with Crippen LogP contribution >= 0.6 is 32.9 Å². The summed E-state index contributed by atoms with van der Waals surface area (Å²) in [6.07, 6.45) is 0. The van der Waals surface area contributed by atoms with Crippen molar-refractivity contribution in [2.75, 3.05) is 38.6 Å². The third kappa shape index (κ3) is 4.88. The van der Waals surface area contributed by atoms with Gasteiger partial charge in [-0.05, 0) is 24.3 Å². The van der Waals surface area contributed by atoms with Gasteiger partial charge in [0.05, 0.1) is 19.8 Å². The average molecular weight is 525 g/mol. The number of ether oxygens (including phenoxy) is 1. The van der Waals surface area contributed by atoms with Crippen molar-refractivity contribution >= 4 is 55.7 Å². The molecule has 0 radical (unpaired) electrons. The number of ketones is 1. The number of hydrogen-bond acceptors (Lipinski definition) is 4. The molecule has 1 aliphatic rings. The molecule has 0 amide bonds. The van der Waals surface area contributed by atoms with Gasteiger partial charge >= 0.3 is 5.95 Å². The summed E-state index contributed by atoms with van der Waals surface area (Å²) in [4.78, 5) is 15.2. The Labute approximate surface area is 189 Å². The highest BCUT2D eigenvalue weighted by Gasteiger charge is 2.23. The Morgan fingerprint density at radius 1 is 1.07 bits per heavy atom. The number of halogens is 2. The van der Waals surface area contributed by atoms with Gasteiger partial charge in [-0.25, -0.2) is 9.13 Å². The monoisotopic (exact) mass is 523 g/mol. The summed E-state index contributed by atoms with van der Waals surface area (Å²) in [5, 5.41) is 0. The van der Waals surface area contributed by atoms with E-state index in [-0.39, 0.29) is 29.3 Å². The molecule has 2 heterocycles. The molecule has 0 unspecified atom stereocenters. The lowest BCUT2D eigenvalue weighted by atomic mass is 10.1. The number of nitrogens with two attached hydrogens (primary N) is 1. The molecule has 2 N–H and O–H groups in total. The first-order valence-corrected chi connectivity index (χ1v) is 10.3. The fourth-order valence-corrected chi connectivity index (χ4v) is 3.92. The van der Waals surface area contributed by atoms with Gasteiger partial charge in [0.1, 0.15) is 17.6 Å². The number of hydrogen-bond donors (Lipinski definition) is 1. The molecule has 1 aromatic heterocycles. The van der Waals surface area contributed by atoms with Crippen LogP contribution in [0.4, 0.5) is 5.95 Å². The minimum absolute atomic E-state index is 0. The maximum Gasteiger partial charge on any atom is 0.356 e. The molecule has 4 rings (SSSR count). The topological polar surface area (TPSA) is 64.4 Å². The maximum atomic E-state index is 12.8. The molecular weight excluding hydrogens is 500 g/mol. The average Bonchev–Trinajstić information content (AvgIpc) is 2.99. The van der Waals surface area contributed by atoms with Crippen molar-refractivity contribution in [1.29, 1.82) is 0 Å². The van der Waals surface area contributed by atoms with Crippen LogP contribution in [-0.4, -0.2) is 48.1 Å². The number of para-hydroxylation sites is 2. The van der Waals surface area contributed by atoms with Gasteiger partial charge in [0, 0.05) is 29.7 Å². The molecule has 0 bridgehead atoms. The third-order valence-electron chi connectivity index (χ3n) is 5.23. The second kappa shape index (κ2) is 9.84. The number of benzene rings is 2. The Morgan fingerprint density at radius 2 is 1.76 bits per heavy atom. The van der Waals surface area contributed by atoms with E-state index in [1.165, 1.54) is 0 Å². The van der Waals surface area contributed by atoms with Crippen LogP contribution in [-0.2, 0) is 17.8 Å². The van der Waals surface area contributed by atoms with E-state index >= 15 is 0 Å². The Kier molecular flexibility index (Phi) is 7.45. The fraction of sp³-hybridized carbons (Fsp3) is 0.333. The summed E-state index contributed by atoms with van der Waals surface area (Å²) >= 11 is 3.41. The Bertz CT molecular complexity index is 982. The lowest BCUT2D eigenvalue weighted by Gasteiger charge is -2.25. The van der Waals surface area contributed by atoms with E-state index in [0.29, 0.717) is 11.5 Å². The normalized spacial score (nSPS) is 14.7. The molecule has 0 spiro atoms. The predicted octanol–water partition coefficient (Wildman–Crippen LogP) is 3.07. The molecule has 0 aliphatic carbocycles. The lowest BCUT2D eigenvalue weighted by Crippen LogP contribution is -2.41. The number of nitrogens with zero attached hydrogens (tertiary/aromatic N) is 3. The SMILES string of the molecule is Br.Nc1n(CCN2CCOCC2)c2ccccc2[n+]1CC(=O)c1ccc(Br)cc1. The minimum Gasteiger partial charge on any atom is -0.379 e. The highest BCUT2D eigenvalue weighted by Crippen LogP contribution is 2.17. The van der Waals surface area contributed by atoms with Crippen LogP contribution in [0, 0.1) is 0 Å². The summed E-state index contributed by atoms with van der Waals surface area (Å²) in [6.45, 7) is 5.37. The van der Waals surface area contributed by atoms with Crippen LogP contribution in [0.1, 0.15) is 10.4 Å². The fourth-order valence-electron chi connectivity index (χ4n) is 3.65. The number of morpholine rings is 1. The number of fused-ring (bicyclic) bond motifs is 1. The zero-order valence-corrected chi connectivity index (χ0v) is 19.4. The van der Waals surface area contributed by atoms with Gasteiger partial charge in [0.25, 0.3) is 0 Å². The van der Waals surface area contributed by atoms with Gasteiger partial charge in [-0.15, -0.1) is 17.0 Å². The first-order valence-electron chi connectivity index (χ1n) is 9.49. The van der Waals surface area contributed by atoms with E-state index in [4.69, 9.17) is 10.5 Å². The van der Waals surface area contributed by atoms with E-state index in [2.05, 4.69) is 31.5 Å². The molecule has 0 atom stereocenters. The minimum atomic E-state index is 0. The standard InChI is InChI=1S/C21H23BrN4O2.BrH/c22-17-7-5-16(6-8-17)20(27)15-26-19-4-2-1-3-18(19)25(21(26)23)10-9-24-11-13-28-14-12-24;/h1-8,23H,9-15H2;1H/p+1.